The smallest absolute Gasteiger partial charge is 0.312 e. The van der Waals surface area contributed by atoms with E-state index < -0.39 is 23.7 Å². The van der Waals surface area contributed by atoms with Crippen LogP contribution >= 0.6 is 0 Å². The van der Waals surface area contributed by atoms with Gasteiger partial charge in [-0.25, -0.2) is 0 Å². The summed E-state index contributed by atoms with van der Waals surface area (Å²) in [6.45, 7) is 7.41. The van der Waals surface area contributed by atoms with E-state index in [2.05, 4.69) is 0 Å². The van der Waals surface area contributed by atoms with Crippen molar-refractivity contribution in [3.8, 4) is 0 Å². The summed E-state index contributed by atoms with van der Waals surface area (Å²) in [7, 11) is 2.71. The maximum absolute atomic E-state index is 13.0. The molecule has 0 aromatic rings. The zero-order chi connectivity index (χ0) is 22.2. The molecule has 0 N–H and O–H groups in total. The number of carbonyl (C=O) groups is 3. The lowest BCUT2D eigenvalue weighted by atomic mass is 9.81. The Bertz CT molecular complexity index is 743. The van der Waals surface area contributed by atoms with E-state index in [0.717, 1.165) is 0 Å². The third kappa shape index (κ3) is 3.94. The van der Waals surface area contributed by atoms with E-state index in [0.29, 0.717) is 30.8 Å². The summed E-state index contributed by atoms with van der Waals surface area (Å²) in [6, 6.07) is 0. The number of ketones is 1. The number of hydrogen-bond donors (Lipinski definition) is 0. The quantitative estimate of drug-likeness (QED) is 0.636. The number of hydrogen-bond acceptors (Lipinski definition) is 8. The van der Waals surface area contributed by atoms with Crippen LogP contribution in [0.4, 0.5) is 0 Å². The van der Waals surface area contributed by atoms with E-state index in [-0.39, 0.29) is 42.1 Å². The van der Waals surface area contributed by atoms with E-state index in [4.69, 9.17) is 23.7 Å². The van der Waals surface area contributed by atoms with E-state index in [1.54, 1.807) is 13.8 Å². The summed E-state index contributed by atoms with van der Waals surface area (Å²) < 4.78 is 28.2. The summed E-state index contributed by atoms with van der Waals surface area (Å²) in [5.74, 6) is -2.01. The van der Waals surface area contributed by atoms with Crippen LogP contribution in [0.1, 0.15) is 53.4 Å². The number of esters is 2. The van der Waals surface area contributed by atoms with Crippen molar-refractivity contribution in [2.75, 3.05) is 14.2 Å². The van der Waals surface area contributed by atoms with Crippen molar-refractivity contribution in [2.45, 2.75) is 71.4 Å². The van der Waals surface area contributed by atoms with Crippen molar-refractivity contribution >= 4 is 17.7 Å². The van der Waals surface area contributed by atoms with Gasteiger partial charge in [-0.1, -0.05) is 13.8 Å². The van der Waals surface area contributed by atoms with Gasteiger partial charge in [0.05, 0.1) is 32.2 Å². The Kier molecular flexibility index (Phi) is 6.45. The molecule has 1 spiro atoms. The number of methoxy groups -OCH3 is 2. The van der Waals surface area contributed by atoms with Gasteiger partial charge in [-0.3, -0.25) is 14.4 Å². The summed E-state index contributed by atoms with van der Waals surface area (Å²) >= 11 is 0. The number of carbonyl (C=O) groups excluding carboxylic acids is 3. The predicted molar refractivity (Wildman–Crippen MR) is 105 cm³/mol. The first-order valence-electron chi connectivity index (χ1n) is 10.6. The predicted octanol–water partition coefficient (Wildman–Crippen LogP) is 2.74. The average Bonchev–Trinajstić information content (AvgIpc) is 2.73. The molecule has 0 saturated carbocycles. The monoisotopic (exact) mass is 424 g/mol. The van der Waals surface area contributed by atoms with Gasteiger partial charge < -0.3 is 23.7 Å². The number of rotatable bonds is 4. The Hall–Kier alpha value is -2.09. The first kappa shape index (κ1) is 22.6. The second-order valence-corrected chi connectivity index (χ2v) is 8.78. The summed E-state index contributed by atoms with van der Waals surface area (Å²) in [4.78, 5) is 37.0. The molecule has 168 valence electrons. The number of ether oxygens (including phenoxy) is 5. The minimum absolute atomic E-state index is 0.00425. The Morgan fingerprint density at radius 3 is 2.13 bits per heavy atom. The van der Waals surface area contributed by atoms with Crippen LogP contribution in [0.2, 0.25) is 0 Å². The average molecular weight is 424 g/mol. The first-order valence-corrected chi connectivity index (χ1v) is 10.6. The minimum atomic E-state index is -1.40. The van der Waals surface area contributed by atoms with Gasteiger partial charge >= 0.3 is 11.9 Å². The molecule has 8 heteroatoms. The van der Waals surface area contributed by atoms with Gasteiger partial charge in [0.1, 0.15) is 17.6 Å². The van der Waals surface area contributed by atoms with Gasteiger partial charge in [0.2, 0.25) is 5.78 Å². The van der Waals surface area contributed by atoms with Crippen molar-refractivity contribution in [2.24, 2.45) is 23.7 Å². The maximum Gasteiger partial charge on any atom is 0.312 e. The van der Waals surface area contributed by atoms with Crippen LogP contribution in [0.3, 0.4) is 0 Å². The molecule has 30 heavy (non-hydrogen) atoms. The zero-order valence-electron chi connectivity index (χ0n) is 18.6. The standard InChI is InChI=1S/C22H32O8/c1-11-9-16-15(28-18(11)13(3)20(24)26-5)7-8-22(29-16)17(23)10-12(2)19(30-22)14(4)21(25)27-6/h11-14,18-19H,7-10H2,1-6H3/t11-,12-,13+,14+,18-,19-,22+/m0/s1. The lowest BCUT2D eigenvalue weighted by Crippen LogP contribution is -2.57. The molecular weight excluding hydrogens is 392 g/mol. The largest absolute Gasteiger partial charge is 0.490 e. The minimum Gasteiger partial charge on any atom is -0.490 e. The van der Waals surface area contributed by atoms with Crippen molar-refractivity contribution in [1.29, 1.82) is 0 Å². The second kappa shape index (κ2) is 8.57. The third-order valence-electron chi connectivity index (χ3n) is 6.58. The molecule has 0 radical (unpaired) electrons. The fourth-order valence-corrected chi connectivity index (χ4v) is 4.77. The van der Waals surface area contributed by atoms with E-state index in [1.807, 2.05) is 13.8 Å². The fourth-order valence-electron chi connectivity index (χ4n) is 4.77. The lowest BCUT2D eigenvalue weighted by Gasteiger charge is -2.48. The van der Waals surface area contributed by atoms with E-state index >= 15 is 0 Å². The number of allylic oxidation sites excluding steroid dienone is 2. The molecule has 3 aliphatic heterocycles. The van der Waals surface area contributed by atoms with Crippen LogP contribution in [0.5, 0.6) is 0 Å². The van der Waals surface area contributed by atoms with Gasteiger partial charge in [0, 0.05) is 31.6 Å². The summed E-state index contributed by atoms with van der Waals surface area (Å²) in [5.41, 5.74) is 0. The molecule has 0 amide bonds. The van der Waals surface area contributed by atoms with E-state index in [1.165, 1.54) is 14.2 Å². The van der Waals surface area contributed by atoms with Gasteiger partial charge in [-0.2, -0.15) is 0 Å². The van der Waals surface area contributed by atoms with Gasteiger partial charge in [-0.05, 0) is 19.8 Å². The van der Waals surface area contributed by atoms with Crippen LogP contribution in [-0.2, 0) is 38.1 Å². The Morgan fingerprint density at radius 2 is 1.53 bits per heavy atom. The Labute approximate surface area is 177 Å². The molecule has 0 aromatic carbocycles. The molecule has 3 rings (SSSR count). The Morgan fingerprint density at radius 1 is 0.967 bits per heavy atom. The van der Waals surface area contributed by atoms with Gasteiger partial charge in [0.15, 0.2) is 0 Å². The summed E-state index contributed by atoms with van der Waals surface area (Å²) in [5, 5.41) is 0. The first-order chi connectivity index (χ1) is 14.1. The highest BCUT2D eigenvalue weighted by Crippen LogP contribution is 2.46. The zero-order valence-corrected chi connectivity index (χ0v) is 18.6. The third-order valence-corrected chi connectivity index (χ3v) is 6.58. The second-order valence-electron chi connectivity index (χ2n) is 8.78. The highest BCUT2D eigenvalue weighted by Gasteiger charge is 2.54. The Balaban J connectivity index is 1.80. The molecule has 0 unspecified atom stereocenters. The molecular formula is C22H32O8. The van der Waals surface area contributed by atoms with Gasteiger partial charge in [-0.15, -0.1) is 0 Å². The van der Waals surface area contributed by atoms with Crippen LogP contribution < -0.4 is 0 Å². The lowest BCUT2D eigenvalue weighted by molar-refractivity contribution is -0.273. The number of Topliss-reactive ketones (excluding diaryl/α,β-unsaturated/α-hetero) is 1. The fraction of sp³-hybridized carbons (Fsp3) is 0.773. The molecule has 8 nitrogen and oxygen atoms in total. The van der Waals surface area contributed by atoms with Gasteiger partial charge in [0.25, 0.3) is 5.79 Å². The molecule has 3 aliphatic rings. The van der Waals surface area contributed by atoms with Crippen molar-refractivity contribution < 1.29 is 38.1 Å². The van der Waals surface area contributed by atoms with E-state index in [9.17, 15) is 14.4 Å². The topological polar surface area (TPSA) is 97.4 Å². The SMILES string of the molecule is COC(=O)[C@H](C)[C@H]1OC2=C(C[C@@H]1C)O[C@]1(CC2)O[C@H]([C@@H](C)C(=O)OC)[C@@H](C)CC1=O. The molecule has 0 aromatic heterocycles. The maximum atomic E-state index is 13.0. The van der Waals surface area contributed by atoms with Crippen molar-refractivity contribution in [3.05, 3.63) is 11.5 Å². The molecule has 0 bridgehead atoms. The normalized spacial score (nSPS) is 35.6. The highest BCUT2D eigenvalue weighted by atomic mass is 16.7. The van der Waals surface area contributed by atoms with Crippen molar-refractivity contribution in [1.82, 2.24) is 0 Å². The molecule has 7 atom stereocenters. The van der Waals surface area contributed by atoms with Crippen LogP contribution in [-0.4, -0.2) is 49.9 Å². The highest BCUT2D eigenvalue weighted by molar-refractivity contribution is 5.87. The molecule has 1 saturated heterocycles. The molecule has 0 aliphatic carbocycles. The van der Waals surface area contributed by atoms with Crippen molar-refractivity contribution in [3.63, 3.8) is 0 Å². The summed E-state index contributed by atoms with van der Waals surface area (Å²) in [6.07, 6.45) is 0.774. The van der Waals surface area contributed by atoms with Crippen LogP contribution in [0.25, 0.3) is 0 Å². The van der Waals surface area contributed by atoms with Crippen LogP contribution in [0, 0.1) is 23.7 Å². The molecule has 3 heterocycles. The molecule has 1 fully saturated rings. The van der Waals surface area contributed by atoms with Crippen LogP contribution in [0.15, 0.2) is 11.5 Å².